The maximum Gasteiger partial charge on any atom is 0.329 e. The van der Waals surface area contributed by atoms with Crippen LogP contribution in [0, 0.1) is 326 Å². The van der Waals surface area contributed by atoms with Crippen molar-refractivity contribution in [1.29, 1.82) is 0 Å². The zero-order valence-corrected chi connectivity index (χ0v) is 71.7. The van der Waals surface area contributed by atoms with E-state index in [0.29, 0.717) is 63.5 Å². The Morgan fingerprint density at radius 1 is 0.538 bits per heavy atom. The molecule has 14 atom stereocenters. The monoisotopic (exact) mass is 1820 g/mol. The second-order valence-electron chi connectivity index (χ2n) is 26.2. The van der Waals surface area contributed by atoms with Gasteiger partial charge in [-0.25, -0.2) is 15.3 Å². The number of terminal acetylenes is 1. The zero-order valence-electron chi connectivity index (χ0n) is 71.7. The van der Waals surface area contributed by atoms with Crippen LogP contribution in [0.2, 0.25) is 0 Å². The summed E-state index contributed by atoms with van der Waals surface area (Å²) in [6.07, 6.45) is 11.7. The van der Waals surface area contributed by atoms with Gasteiger partial charge in [0, 0.05) is 291 Å². The number of benzene rings is 1. The lowest BCUT2D eigenvalue weighted by Crippen LogP contribution is -2.64. The predicted molar refractivity (Wildman–Crippen MR) is 539 cm³/mol. The van der Waals surface area contributed by atoms with Gasteiger partial charge in [-0.3, -0.25) is 14.4 Å². The molecule has 28 heteroatoms. The number of allylic oxidation sites excluding steroid dienone is 4. The van der Waals surface area contributed by atoms with Crippen molar-refractivity contribution in [2.45, 2.75) is 167 Å². The van der Waals surface area contributed by atoms with E-state index in [4.69, 9.17) is 45.4 Å². The van der Waals surface area contributed by atoms with Crippen molar-refractivity contribution in [3.05, 3.63) is 65.8 Å². The molecule has 4 aliphatic rings. The van der Waals surface area contributed by atoms with Gasteiger partial charge in [0.1, 0.15) is 36.4 Å². The van der Waals surface area contributed by atoms with Crippen molar-refractivity contribution in [1.82, 2.24) is 10.5 Å². The first-order valence-electron chi connectivity index (χ1n) is 38.7. The molecular formula is C102H152N2O26. The topological polar surface area (TPSA) is 342 Å². The van der Waals surface area contributed by atoms with Crippen molar-refractivity contribution in [2.24, 2.45) is 29.6 Å². The molecule has 28 nitrogen and oxygen atoms in total. The first-order chi connectivity index (χ1) is 63.3. The molecule has 130 heavy (non-hydrogen) atoms. The molecule has 5 rings (SSSR count). The molecule has 1 aromatic carbocycles. The minimum atomic E-state index is -2.53. The van der Waals surface area contributed by atoms with E-state index >= 15 is 0 Å². The van der Waals surface area contributed by atoms with Crippen LogP contribution < -0.4 is 10.4 Å². The van der Waals surface area contributed by atoms with Gasteiger partial charge in [0.2, 0.25) is 5.79 Å². The molecule has 726 valence electrons. The van der Waals surface area contributed by atoms with Crippen molar-refractivity contribution in [3.63, 3.8) is 0 Å². The summed E-state index contributed by atoms with van der Waals surface area (Å²) in [6, 6.07) is 8.28. The average molecular weight is 1820 g/mol. The van der Waals surface area contributed by atoms with Crippen LogP contribution >= 0.6 is 0 Å². The number of esters is 1. The molecular weight excluding hydrogens is 1670 g/mol. The maximum absolute atomic E-state index is 14.5. The highest BCUT2D eigenvalue weighted by Crippen LogP contribution is 2.40. The Morgan fingerprint density at radius 2 is 0.969 bits per heavy atom. The molecule has 6 N–H and O–H groups in total. The van der Waals surface area contributed by atoms with Gasteiger partial charge in [-0.15, -0.1) is 6.42 Å². The first-order valence-corrected chi connectivity index (χ1v) is 38.7. The Morgan fingerprint density at radius 3 is 1.41 bits per heavy atom. The quantitative estimate of drug-likeness (QED) is 0.0127. The van der Waals surface area contributed by atoms with Crippen LogP contribution in [0.25, 0.3) is 0 Å². The number of nitrogens with zero attached hydrogens (tertiary/aromatic N) is 1. The van der Waals surface area contributed by atoms with Gasteiger partial charge < -0.3 is 48.6 Å². The molecule has 2 saturated heterocycles. The zero-order chi connectivity index (χ0) is 94.6. The summed E-state index contributed by atoms with van der Waals surface area (Å²) >= 11 is 0. The standard InChI is InChI=1S/C51H75NO13.C51H4.H3NO13.35H2/c1-31-24-32(2)26-44(61-7)47-45(62-8)28-34(4)51(59,65-47)48(56)49(57)52-22-14-12-19-39(52)50(58)64-46(33(3)27-36-20-21-40(53)43(29-36)60-6)35(5)41(54)30-42(55)37(25-31)16-13-15-23-63-38-17-10-9-11-18-38;1-3-5-7-9-11-13-15-17-19-21-23-25-27-29-31-33-35-37-39-41-43-45-47-49-51-50-48-46-44-42-40-38-36-34-32-30-28-26-24-22-20-18-16-14-12-10-8-6-4-2;2-6-10-12-8-4-1-5-9-13-14-11-7-3;;;;;;;;;;;;;;;;;;;;;;;;;;;;;;;;;;;/h9-11,13,15,17-18,25,27,32,34-37,39-41,43-47,53-54,59H,12,14,16,19-24,26,28-30H2,1-8H3;1H,2H3;1-3H;35*1H/b15-13+,31-25+,33-27+;;;;;;;;;;;;;;;;;;;;;;;;;;;;;;;;;;;;;/t32-,34+,35+,36-,37+,39-,40+,41-,43+,44-,45-,46+,47+,51+;;;;;;;;;;;;;;;;;;;;;;;;;;;;;;;;;;;;;/m0...................................../s1. The maximum atomic E-state index is 14.5. The molecule has 1 aromatic rings. The third-order valence-corrected chi connectivity index (χ3v) is 17.5. The number of Topliss-reactive ketones (excluding diaryl/α,β-unsaturated/α-hetero) is 2. The summed E-state index contributed by atoms with van der Waals surface area (Å²) in [5.74, 6) is 115. The van der Waals surface area contributed by atoms with Crippen molar-refractivity contribution in [2.75, 3.05) is 34.5 Å². The molecule has 0 radical (unpaired) electrons. The van der Waals surface area contributed by atoms with E-state index in [1.54, 1.807) is 27.9 Å². The van der Waals surface area contributed by atoms with Crippen LogP contribution in [0.4, 0.5) is 0 Å². The highest BCUT2D eigenvalue weighted by atomic mass is 17.9. The molecule has 2 bridgehead atoms. The van der Waals surface area contributed by atoms with E-state index in [9.17, 15) is 34.5 Å². The molecule has 3 heterocycles. The van der Waals surface area contributed by atoms with E-state index in [1.807, 2.05) is 75.4 Å². The van der Waals surface area contributed by atoms with Crippen molar-refractivity contribution >= 4 is 23.4 Å². The number of nitrogens with one attached hydrogen (secondary N) is 1. The number of hydrogen-bond acceptors (Lipinski definition) is 27. The van der Waals surface area contributed by atoms with Gasteiger partial charge in [-0.1, -0.05) is 84.7 Å². The fraction of sp³-hybridized carbons (Fsp3) is 0.353. The summed E-state index contributed by atoms with van der Waals surface area (Å²) in [6.45, 7) is 11.3. The van der Waals surface area contributed by atoms with E-state index in [0.717, 1.165) is 11.3 Å². The molecule has 3 aliphatic heterocycles. The number of amides is 1. The van der Waals surface area contributed by atoms with E-state index in [-0.39, 0.29) is 99.5 Å². The SMILES string of the molecule is C#CC#CC#CC#CC#CC#CC#CC#CC#CC#CC#CC#CC#CC#CC#CC#CC#CC#CC#CC#CC#CC#CC#CC#CC#CC.CO[C@H]1C[C@@H](C)C/C(C)=C/[C@@H](C/C=C/COc2ccccc2)C(=O)C[C@H](O)[C@@H](C)[C@@H](/C(C)=C/[C@@H]2CC[C@@H](O)[C@H](OC)C2)OC(=O)[C@@H]2CCCCN2C(=O)C(=O)[C@]2(O)O[C@H]1[C@@H](OC)C[C@H]2C.OOOOOONOOOOOOO.[HH].[HH].[HH].[HH].[HH].[HH].[HH].[HH].[HH].[HH].[HH].[HH].[HH].[HH].[HH].[HH].[HH].[HH].[HH].[HH].[HH].[HH].[HH].[HH].[HH].[HH].[HH].[HH].[HH].[HH].[HH].[HH].[HH].[HH].[HH]. The number of aliphatic hydroxyl groups excluding tert-OH is 2. The number of para-hydroxylation sites is 1. The first kappa shape index (κ1) is 109. The Balaban J connectivity index is -0.0000000517. The number of rotatable bonds is 21. The second-order valence-corrected chi connectivity index (χ2v) is 26.2. The number of ether oxygens (including phenoxy) is 6. The predicted octanol–water partition coefficient (Wildman–Crippen LogP) is 14.2. The van der Waals surface area contributed by atoms with Crippen LogP contribution in [0.3, 0.4) is 0 Å². The fourth-order valence-corrected chi connectivity index (χ4v) is 11.9. The van der Waals surface area contributed by atoms with Crippen LogP contribution in [-0.2, 0) is 98.2 Å². The Bertz CT molecular complexity index is 6020. The molecule has 0 unspecified atom stereocenters. The Kier molecular flexibility index (Phi) is 59.4. The summed E-state index contributed by atoms with van der Waals surface area (Å²) in [5, 5.41) is 78.9. The average Bonchev–Trinajstić information content (AvgIpc) is 0.834. The lowest BCUT2D eigenvalue weighted by Gasteiger charge is -2.47. The van der Waals surface area contributed by atoms with Crippen LogP contribution in [0.1, 0.15) is 162 Å². The third kappa shape index (κ3) is 48.2. The number of ketones is 2. The number of carbonyl (C=O) groups is 4. The van der Waals surface area contributed by atoms with Gasteiger partial charge in [0.05, 0.1) is 30.5 Å². The molecule has 3 fully saturated rings. The van der Waals surface area contributed by atoms with Gasteiger partial charge >= 0.3 is 5.97 Å². The third-order valence-electron chi connectivity index (χ3n) is 17.5. The van der Waals surface area contributed by atoms with E-state index < -0.39 is 83.9 Å². The summed E-state index contributed by atoms with van der Waals surface area (Å²) in [5.41, 5.74) is 2.96. The largest absolute Gasteiger partial charge is 0.490 e. The summed E-state index contributed by atoms with van der Waals surface area (Å²) < 4.78 is 35.9. The van der Waals surface area contributed by atoms with Crippen molar-refractivity contribution in [3.8, 4) is 302 Å². The summed E-state index contributed by atoms with van der Waals surface area (Å²) in [4.78, 5) is 66.0. The molecule has 0 spiro atoms. The molecule has 1 saturated carbocycles. The molecule has 1 aliphatic carbocycles. The highest BCUT2D eigenvalue weighted by molar-refractivity contribution is 6.39. The van der Waals surface area contributed by atoms with Gasteiger partial charge in [0.25, 0.3) is 11.7 Å². The number of methoxy groups -OCH3 is 3. The minimum absolute atomic E-state index is 0. The highest BCUT2D eigenvalue weighted by Gasteiger charge is 2.57. The Hall–Kier alpha value is -15.3. The fourth-order valence-electron chi connectivity index (χ4n) is 11.9. The Labute approximate surface area is 809 Å². The normalized spacial score (nSPS) is 21.4. The van der Waals surface area contributed by atoms with E-state index in [1.165, 1.54) is 24.8 Å². The second kappa shape index (κ2) is 70.9. The lowest BCUT2D eigenvalue weighted by atomic mass is 9.81. The number of aliphatic hydroxyl groups is 3. The lowest BCUT2D eigenvalue weighted by molar-refractivity contribution is -0.808. The number of hydrogen-bond donors (Lipinski definition) is 6. The summed E-state index contributed by atoms with van der Waals surface area (Å²) in [7, 11) is 4.62. The number of cyclic esters (lactones) is 1. The molecule has 1 amide bonds. The number of piperidine rings is 1. The number of fused-ring (bicyclic) bond motifs is 3. The van der Waals surface area contributed by atoms with Crippen LogP contribution in [0.15, 0.2) is 65.8 Å². The van der Waals surface area contributed by atoms with Crippen LogP contribution in [-0.4, -0.2) is 143 Å². The van der Waals surface area contributed by atoms with Crippen LogP contribution in [0.5, 0.6) is 5.75 Å². The van der Waals surface area contributed by atoms with Crippen molar-refractivity contribution < 1.29 is 179 Å². The van der Waals surface area contributed by atoms with Gasteiger partial charge in [0.15, 0.2) is 0 Å². The van der Waals surface area contributed by atoms with Gasteiger partial charge in [-0.05, 0) is 260 Å². The van der Waals surface area contributed by atoms with E-state index in [2.05, 4.69) is 345 Å². The van der Waals surface area contributed by atoms with Gasteiger partial charge in [-0.2, -0.15) is 0 Å². The molecule has 0 aromatic heterocycles. The smallest absolute Gasteiger partial charge is 0.329 e. The number of carbonyl (C=O) groups excluding carboxylic acids is 4. The minimum Gasteiger partial charge on any atom is -0.490 e.